The molecular weight excluding hydrogens is 406 g/mol. The molecule has 0 fully saturated rings. The Morgan fingerprint density at radius 1 is 0.969 bits per heavy atom. The van der Waals surface area contributed by atoms with Gasteiger partial charge in [0.1, 0.15) is 12.4 Å². The minimum atomic E-state index is -1.02. The van der Waals surface area contributed by atoms with E-state index in [1.165, 1.54) is 0 Å². The third kappa shape index (κ3) is 4.59. The molecule has 6 nitrogen and oxygen atoms in total. The van der Waals surface area contributed by atoms with Gasteiger partial charge < -0.3 is 19.9 Å². The smallest absolute Gasteiger partial charge is 0.407 e. The number of benzene rings is 3. The summed E-state index contributed by atoms with van der Waals surface area (Å²) >= 11 is 0. The highest BCUT2D eigenvalue weighted by molar-refractivity contribution is 5.79. The fraction of sp³-hybridized carbons (Fsp3) is 0.231. The number of carbonyl (C=O) groups excluding carboxylic acids is 1. The van der Waals surface area contributed by atoms with Crippen LogP contribution >= 0.6 is 0 Å². The van der Waals surface area contributed by atoms with Crippen molar-refractivity contribution in [3.8, 4) is 16.9 Å². The molecule has 6 heteroatoms. The van der Waals surface area contributed by atoms with Gasteiger partial charge in [-0.1, -0.05) is 60.7 Å². The van der Waals surface area contributed by atoms with Crippen molar-refractivity contribution in [2.75, 3.05) is 13.2 Å². The maximum atomic E-state index is 12.6. The summed E-state index contributed by atoms with van der Waals surface area (Å²) in [6.07, 6.45) is -0.917. The maximum absolute atomic E-state index is 12.6. The van der Waals surface area contributed by atoms with Crippen molar-refractivity contribution in [2.45, 2.75) is 25.3 Å². The predicted molar refractivity (Wildman–Crippen MR) is 121 cm³/mol. The molecule has 3 aromatic rings. The Bertz CT molecular complexity index is 1080. The topological polar surface area (TPSA) is 84.9 Å². The lowest BCUT2D eigenvalue weighted by Gasteiger charge is -2.20. The van der Waals surface area contributed by atoms with Crippen molar-refractivity contribution in [3.63, 3.8) is 0 Å². The fourth-order valence-electron chi connectivity index (χ4n) is 4.20. The molecule has 4 rings (SSSR count). The van der Waals surface area contributed by atoms with Crippen LogP contribution in [0.3, 0.4) is 0 Å². The van der Waals surface area contributed by atoms with Gasteiger partial charge in [0.05, 0.1) is 19.1 Å². The van der Waals surface area contributed by atoms with Crippen molar-refractivity contribution < 1.29 is 24.2 Å². The highest BCUT2D eigenvalue weighted by Crippen LogP contribution is 2.44. The molecule has 0 saturated heterocycles. The molecule has 1 aliphatic carbocycles. The van der Waals surface area contributed by atoms with Gasteiger partial charge in [-0.3, -0.25) is 4.79 Å². The van der Waals surface area contributed by atoms with E-state index in [9.17, 15) is 14.7 Å². The van der Waals surface area contributed by atoms with Crippen LogP contribution in [0.4, 0.5) is 4.79 Å². The average Bonchev–Trinajstić information content (AvgIpc) is 3.11. The Kier molecular flexibility index (Phi) is 6.40. The summed E-state index contributed by atoms with van der Waals surface area (Å²) in [5.74, 6) is -0.460. The summed E-state index contributed by atoms with van der Waals surface area (Å²) in [5.41, 5.74) is 5.18. The van der Waals surface area contributed by atoms with Gasteiger partial charge in [0.25, 0.3) is 0 Å². The first-order valence-corrected chi connectivity index (χ1v) is 10.6. The molecule has 0 bridgehead atoms. The summed E-state index contributed by atoms with van der Waals surface area (Å²) in [5, 5.41) is 12.0. The highest BCUT2D eigenvalue weighted by atomic mass is 16.5. The molecule has 164 valence electrons. The molecule has 2 N–H and O–H groups in total. The molecular formula is C26H25NO5. The van der Waals surface area contributed by atoms with Gasteiger partial charge >= 0.3 is 12.1 Å². The first-order chi connectivity index (χ1) is 15.6. The van der Waals surface area contributed by atoms with E-state index in [0.717, 1.165) is 22.3 Å². The summed E-state index contributed by atoms with van der Waals surface area (Å²) in [6, 6.07) is 22.5. The van der Waals surface area contributed by atoms with Crippen molar-refractivity contribution in [1.29, 1.82) is 0 Å². The predicted octanol–water partition coefficient (Wildman–Crippen LogP) is 5.14. The van der Waals surface area contributed by atoms with Crippen molar-refractivity contribution in [3.05, 3.63) is 89.5 Å². The first-order valence-electron chi connectivity index (χ1n) is 10.6. The van der Waals surface area contributed by atoms with Crippen molar-refractivity contribution in [2.24, 2.45) is 0 Å². The second-order valence-corrected chi connectivity index (χ2v) is 7.63. The number of hydrogen-bond donors (Lipinski definition) is 2. The number of amides is 1. The lowest BCUT2D eigenvalue weighted by molar-refractivity contribution is -0.137. The molecule has 0 radical (unpaired) electrons. The number of carboxylic acids is 1. The lowest BCUT2D eigenvalue weighted by atomic mass is 9.98. The highest BCUT2D eigenvalue weighted by Gasteiger charge is 2.29. The van der Waals surface area contributed by atoms with Gasteiger partial charge in [-0.15, -0.1) is 0 Å². The number of alkyl carbamates (subject to hydrolysis) is 1. The Hall–Kier alpha value is -3.80. The largest absolute Gasteiger partial charge is 0.494 e. The minimum absolute atomic E-state index is 0.0626. The van der Waals surface area contributed by atoms with Crippen LogP contribution in [0.25, 0.3) is 11.1 Å². The Balaban J connectivity index is 1.47. The number of carboxylic acid groups (broad SMARTS) is 1. The lowest BCUT2D eigenvalue weighted by Crippen LogP contribution is -2.31. The minimum Gasteiger partial charge on any atom is -0.494 e. The van der Waals surface area contributed by atoms with Crippen molar-refractivity contribution >= 4 is 12.1 Å². The van der Waals surface area contributed by atoms with Crippen LogP contribution in [0.1, 0.15) is 42.0 Å². The average molecular weight is 431 g/mol. The maximum Gasteiger partial charge on any atom is 0.407 e. The van der Waals surface area contributed by atoms with E-state index in [0.29, 0.717) is 17.9 Å². The van der Waals surface area contributed by atoms with Gasteiger partial charge in [-0.05, 0) is 46.9 Å². The van der Waals surface area contributed by atoms with Gasteiger partial charge in [0.2, 0.25) is 0 Å². The summed E-state index contributed by atoms with van der Waals surface area (Å²) < 4.78 is 11.1. The van der Waals surface area contributed by atoms with Crippen LogP contribution in [0.5, 0.6) is 5.75 Å². The van der Waals surface area contributed by atoms with E-state index in [1.54, 1.807) is 24.3 Å². The Morgan fingerprint density at radius 2 is 1.62 bits per heavy atom. The van der Waals surface area contributed by atoms with Crippen LogP contribution in [0.2, 0.25) is 0 Å². The van der Waals surface area contributed by atoms with Crippen LogP contribution in [-0.4, -0.2) is 30.4 Å². The Morgan fingerprint density at radius 3 is 2.25 bits per heavy atom. The number of nitrogens with one attached hydrogen (secondary N) is 1. The molecule has 32 heavy (non-hydrogen) atoms. The molecule has 1 unspecified atom stereocenters. The number of hydrogen-bond acceptors (Lipinski definition) is 4. The monoisotopic (exact) mass is 431 g/mol. The Labute approximate surface area is 186 Å². The zero-order valence-electron chi connectivity index (χ0n) is 17.8. The van der Waals surface area contributed by atoms with Crippen LogP contribution in [0.15, 0.2) is 72.8 Å². The second-order valence-electron chi connectivity index (χ2n) is 7.63. The van der Waals surface area contributed by atoms with E-state index >= 15 is 0 Å². The van der Waals surface area contributed by atoms with Gasteiger partial charge in [0, 0.05) is 5.92 Å². The number of aliphatic carboxylic acids is 1. The molecule has 0 aromatic heterocycles. The number of fused-ring (bicyclic) bond motifs is 3. The molecule has 1 amide bonds. The molecule has 0 aliphatic heterocycles. The molecule has 3 aromatic carbocycles. The number of rotatable bonds is 8. The number of ether oxygens (including phenoxy) is 2. The normalized spacial score (nSPS) is 13.0. The van der Waals surface area contributed by atoms with E-state index in [4.69, 9.17) is 9.47 Å². The zero-order valence-corrected chi connectivity index (χ0v) is 17.8. The van der Waals surface area contributed by atoms with E-state index in [1.807, 2.05) is 43.3 Å². The summed E-state index contributed by atoms with van der Waals surface area (Å²) in [7, 11) is 0. The third-order valence-electron chi connectivity index (χ3n) is 5.59. The zero-order chi connectivity index (χ0) is 22.5. The van der Waals surface area contributed by atoms with Crippen LogP contribution in [-0.2, 0) is 9.53 Å². The quantitative estimate of drug-likeness (QED) is 0.516. The van der Waals surface area contributed by atoms with Crippen LogP contribution in [0, 0.1) is 0 Å². The molecule has 0 heterocycles. The third-order valence-corrected chi connectivity index (χ3v) is 5.59. The molecule has 0 spiro atoms. The summed E-state index contributed by atoms with van der Waals surface area (Å²) in [6.45, 7) is 2.53. The number of carbonyl (C=O) groups is 2. The van der Waals surface area contributed by atoms with Gasteiger partial charge in [-0.25, -0.2) is 4.79 Å². The summed E-state index contributed by atoms with van der Waals surface area (Å²) in [4.78, 5) is 24.0. The van der Waals surface area contributed by atoms with Gasteiger partial charge in [0.15, 0.2) is 0 Å². The SMILES string of the molecule is CCOc1cccc(C(CC(=O)O)NC(=O)OCC2c3ccccc3-c3ccccc32)c1. The molecule has 1 aliphatic rings. The van der Waals surface area contributed by atoms with E-state index in [2.05, 4.69) is 17.4 Å². The van der Waals surface area contributed by atoms with E-state index < -0.39 is 18.1 Å². The van der Waals surface area contributed by atoms with Gasteiger partial charge in [-0.2, -0.15) is 0 Å². The standard InChI is InChI=1S/C26H25NO5/c1-2-31-18-9-7-8-17(14-18)24(15-25(28)29)27-26(30)32-16-23-21-12-5-3-10-19(21)20-11-4-6-13-22(20)23/h3-14,23-24H,2,15-16H2,1H3,(H,27,30)(H,28,29). The molecule has 0 saturated carbocycles. The second kappa shape index (κ2) is 9.56. The fourth-order valence-corrected chi connectivity index (χ4v) is 4.20. The molecule has 1 atom stereocenters. The van der Waals surface area contributed by atoms with Crippen LogP contribution < -0.4 is 10.1 Å². The van der Waals surface area contributed by atoms with E-state index in [-0.39, 0.29) is 18.9 Å². The van der Waals surface area contributed by atoms with Crippen molar-refractivity contribution in [1.82, 2.24) is 5.32 Å². The first kappa shape index (κ1) is 21.4.